The van der Waals surface area contributed by atoms with Crippen molar-refractivity contribution in [3.05, 3.63) is 34.4 Å². The third kappa shape index (κ3) is 2.57. The fraction of sp³-hybridized carbons (Fsp3) is 0.182. The van der Waals surface area contributed by atoms with E-state index >= 15 is 0 Å². The second-order valence-corrected chi connectivity index (χ2v) is 4.60. The number of nitrogens with one attached hydrogen (secondary N) is 1. The minimum Gasteiger partial charge on any atom is -0.477 e. The van der Waals surface area contributed by atoms with Crippen molar-refractivity contribution in [1.29, 1.82) is 0 Å². The Labute approximate surface area is 108 Å². The van der Waals surface area contributed by atoms with Crippen molar-refractivity contribution in [3.8, 4) is 0 Å². The third-order valence-corrected chi connectivity index (χ3v) is 3.28. The van der Waals surface area contributed by atoms with Gasteiger partial charge < -0.3 is 16.2 Å². The Balaban J connectivity index is 2.23. The van der Waals surface area contributed by atoms with E-state index in [2.05, 4.69) is 15.3 Å². The average Bonchev–Trinajstić information content (AvgIpc) is 2.85. The summed E-state index contributed by atoms with van der Waals surface area (Å²) >= 11 is 1.51. The van der Waals surface area contributed by atoms with Crippen molar-refractivity contribution in [2.75, 3.05) is 11.1 Å². The molecule has 0 saturated heterocycles. The first-order valence-electron chi connectivity index (χ1n) is 5.23. The molecule has 94 valence electrons. The molecule has 0 aliphatic heterocycles. The van der Waals surface area contributed by atoms with Gasteiger partial charge in [-0.05, 0) is 19.1 Å². The van der Waals surface area contributed by atoms with E-state index in [0.29, 0.717) is 11.5 Å². The lowest BCUT2D eigenvalue weighted by Gasteiger charge is -2.13. The van der Waals surface area contributed by atoms with Crippen molar-refractivity contribution in [3.63, 3.8) is 0 Å². The predicted molar refractivity (Wildman–Crippen MR) is 69.8 cm³/mol. The third-order valence-electron chi connectivity index (χ3n) is 2.32. The Hall–Kier alpha value is -2.15. The molecule has 4 N–H and O–H groups in total. The van der Waals surface area contributed by atoms with Crippen LogP contribution >= 0.6 is 11.3 Å². The zero-order valence-corrected chi connectivity index (χ0v) is 10.4. The molecule has 0 bridgehead atoms. The molecule has 0 aliphatic carbocycles. The second kappa shape index (κ2) is 5.01. The normalized spacial score (nSPS) is 12.1. The maximum absolute atomic E-state index is 10.8. The number of aromatic nitrogens is 2. The summed E-state index contributed by atoms with van der Waals surface area (Å²) in [4.78, 5) is 19.0. The molecule has 6 nitrogen and oxygen atoms in total. The largest absolute Gasteiger partial charge is 0.477 e. The molecule has 7 heteroatoms. The van der Waals surface area contributed by atoms with Crippen LogP contribution in [0.15, 0.2) is 23.7 Å². The summed E-state index contributed by atoms with van der Waals surface area (Å²) in [6.45, 7) is 1.91. The molecule has 0 saturated carbocycles. The maximum Gasteiger partial charge on any atom is 0.354 e. The minimum atomic E-state index is -1.08. The highest BCUT2D eigenvalue weighted by Gasteiger charge is 2.13. The second-order valence-electron chi connectivity index (χ2n) is 3.68. The van der Waals surface area contributed by atoms with Crippen LogP contribution in [0.4, 0.5) is 11.5 Å². The van der Waals surface area contributed by atoms with Gasteiger partial charge in [0, 0.05) is 11.6 Å². The number of anilines is 2. The summed E-state index contributed by atoms with van der Waals surface area (Å²) in [5.74, 6) is -0.724. The molecule has 0 spiro atoms. The molecule has 0 radical (unpaired) electrons. The van der Waals surface area contributed by atoms with Gasteiger partial charge >= 0.3 is 5.97 Å². The Bertz CT molecular complexity index is 556. The molecule has 1 atom stereocenters. The number of carboxylic acid groups (broad SMARTS) is 1. The lowest BCUT2D eigenvalue weighted by Crippen LogP contribution is -2.12. The fourth-order valence-electron chi connectivity index (χ4n) is 1.42. The molecule has 0 fully saturated rings. The topological polar surface area (TPSA) is 101 Å². The van der Waals surface area contributed by atoms with Crippen molar-refractivity contribution in [2.45, 2.75) is 13.0 Å². The van der Waals surface area contributed by atoms with Crippen molar-refractivity contribution >= 4 is 28.8 Å². The van der Waals surface area contributed by atoms with Crippen LogP contribution in [-0.4, -0.2) is 21.0 Å². The summed E-state index contributed by atoms with van der Waals surface area (Å²) < 4.78 is 0. The number of nitrogens with zero attached hydrogens (tertiary/aromatic N) is 2. The van der Waals surface area contributed by atoms with Crippen LogP contribution in [0.25, 0.3) is 0 Å². The summed E-state index contributed by atoms with van der Waals surface area (Å²) in [6, 6.07) is 2.81. The van der Waals surface area contributed by atoms with Crippen LogP contribution < -0.4 is 11.1 Å². The molecule has 2 aromatic heterocycles. The molecule has 18 heavy (non-hydrogen) atoms. The van der Waals surface area contributed by atoms with Crippen molar-refractivity contribution < 1.29 is 9.90 Å². The zero-order valence-electron chi connectivity index (χ0n) is 9.62. The smallest absolute Gasteiger partial charge is 0.354 e. The molecule has 2 rings (SSSR count). The number of thiazole rings is 1. The van der Waals surface area contributed by atoms with Crippen molar-refractivity contribution in [1.82, 2.24) is 9.97 Å². The summed E-state index contributed by atoms with van der Waals surface area (Å²) in [7, 11) is 0. The first kappa shape index (κ1) is 12.3. The molecular formula is C11H12N4O2S. The van der Waals surface area contributed by atoms with Gasteiger partial charge in [-0.1, -0.05) is 0 Å². The van der Waals surface area contributed by atoms with Crippen molar-refractivity contribution in [2.24, 2.45) is 0 Å². The number of carboxylic acids is 1. The van der Waals surface area contributed by atoms with E-state index in [1.165, 1.54) is 23.5 Å². The van der Waals surface area contributed by atoms with E-state index in [1.807, 2.05) is 12.3 Å². The van der Waals surface area contributed by atoms with Crippen LogP contribution in [0.1, 0.15) is 28.5 Å². The van der Waals surface area contributed by atoms with Gasteiger partial charge in [-0.15, -0.1) is 11.3 Å². The molecule has 2 heterocycles. The monoisotopic (exact) mass is 264 g/mol. The number of rotatable bonds is 4. The van der Waals surface area contributed by atoms with Crippen LogP contribution in [0.3, 0.4) is 0 Å². The van der Waals surface area contributed by atoms with E-state index in [1.54, 1.807) is 6.20 Å². The van der Waals surface area contributed by atoms with Crippen LogP contribution in [0, 0.1) is 0 Å². The number of nitrogens with two attached hydrogens (primary N) is 1. The lowest BCUT2D eigenvalue weighted by atomic mass is 10.3. The van der Waals surface area contributed by atoms with Gasteiger partial charge in [0.25, 0.3) is 0 Å². The van der Waals surface area contributed by atoms with Crippen LogP contribution in [0.5, 0.6) is 0 Å². The van der Waals surface area contributed by atoms with E-state index < -0.39 is 5.97 Å². The first-order valence-corrected chi connectivity index (χ1v) is 6.11. The van der Waals surface area contributed by atoms with E-state index in [4.69, 9.17) is 10.8 Å². The SMILES string of the molecule is CC(Nc1nc(C(=O)O)ccc1N)c1nccs1. The average molecular weight is 264 g/mol. The Morgan fingerprint density at radius 1 is 1.56 bits per heavy atom. The van der Waals surface area contributed by atoms with Crippen LogP contribution in [0.2, 0.25) is 0 Å². The highest BCUT2D eigenvalue weighted by Crippen LogP contribution is 2.23. The number of hydrogen-bond donors (Lipinski definition) is 3. The standard InChI is InChI=1S/C11H12N4O2S/c1-6(10-13-4-5-18-10)14-9-7(12)2-3-8(15-9)11(16)17/h2-6H,12H2,1H3,(H,14,15)(H,16,17). The first-order chi connectivity index (χ1) is 8.58. The molecule has 0 aliphatic rings. The molecule has 1 unspecified atom stereocenters. The van der Waals surface area contributed by atoms with Crippen LogP contribution in [-0.2, 0) is 0 Å². The maximum atomic E-state index is 10.8. The zero-order chi connectivity index (χ0) is 13.1. The van der Waals surface area contributed by atoms with E-state index in [-0.39, 0.29) is 11.7 Å². The van der Waals surface area contributed by atoms with Gasteiger partial charge in [0.05, 0.1) is 11.7 Å². The summed E-state index contributed by atoms with van der Waals surface area (Å²) in [5.41, 5.74) is 6.12. The molecule has 0 amide bonds. The quantitative estimate of drug-likeness (QED) is 0.780. The minimum absolute atomic E-state index is 0.0435. The predicted octanol–water partition coefficient (Wildman–Crippen LogP) is 1.99. The van der Waals surface area contributed by atoms with E-state index in [0.717, 1.165) is 5.01 Å². The number of carbonyl (C=O) groups is 1. The van der Waals surface area contributed by atoms with Gasteiger partial charge in [0.2, 0.25) is 0 Å². The Morgan fingerprint density at radius 2 is 2.33 bits per heavy atom. The summed E-state index contributed by atoms with van der Waals surface area (Å²) in [5, 5.41) is 14.7. The highest BCUT2D eigenvalue weighted by atomic mass is 32.1. The molecule has 2 aromatic rings. The number of aromatic carboxylic acids is 1. The highest BCUT2D eigenvalue weighted by molar-refractivity contribution is 7.09. The number of pyridine rings is 1. The lowest BCUT2D eigenvalue weighted by molar-refractivity contribution is 0.0690. The number of hydrogen-bond acceptors (Lipinski definition) is 6. The number of nitrogen functional groups attached to an aromatic ring is 1. The van der Waals surface area contributed by atoms with Gasteiger partial charge in [-0.25, -0.2) is 14.8 Å². The fourth-order valence-corrected chi connectivity index (χ4v) is 2.07. The van der Waals surface area contributed by atoms with Gasteiger partial charge in [0.15, 0.2) is 11.5 Å². The molecular weight excluding hydrogens is 252 g/mol. The van der Waals surface area contributed by atoms with Gasteiger partial charge in [-0.2, -0.15) is 0 Å². The summed E-state index contributed by atoms with van der Waals surface area (Å²) in [6.07, 6.45) is 1.71. The molecule has 0 aromatic carbocycles. The van der Waals surface area contributed by atoms with Gasteiger partial charge in [-0.3, -0.25) is 0 Å². The van der Waals surface area contributed by atoms with E-state index in [9.17, 15) is 4.79 Å². The van der Waals surface area contributed by atoms with Gasteiger partial charge in [0.1, 0.15) is 5.01 Å². The Kier molecular flexibility index (Phi) is 3.42. The Morgan fingerprint density at radius 3 is 2.94 bits per heavy atom.